The minimum absolute atomic E-state index is 0. The molecule has 7 rings (SSSR count). The second-order valence-corrected chi connectivity index (χ2v) is 13.1. The van der Waals surface area contributed by atoms with Crippen molar-refractivity contribution in [1.82, 2.24) is 29.1 Å². The number of aromatic nitrogens is 6. The number of rotatable bonds is 11. The second-order valence-electron chi connectivity index (χ2n) is 12.3. The third kappa shape index (κ3) is 7.39. The molecule has 0 saturated carbocycles. The van der Waals surface area contributed by atoms with Gasteiger partial charge in [0, 0.05) is 48.1 Å². The summed E-state index contributed by atoms with van der Waals surface area (Å²) in [5, 5.41) is 9.50. The summed E-state index contributed by atoms with van der Waals surface area (Å²) < 4.78 is 23.7. The number of anilines is 2. The van der Waals surface area contributed by atoms with Crippen molar-refractivity contribution in [2.45, 2.75) is 52.2 Å². The Hall–Kier alpha value is -4.36. The molecule has 264 valence electrons. The highest BCUT2D eigenvalue weighted by atomic mass is 35.5. The van der Waals surface area contributed by atoms with E-state index in [0.717, 1.165) is 55.4 Å². The van der Waals surface area contributed by atoms with Gasteiger partial charge in [-0.2, -0.15) is 10.2 Å². The van der Waals surface area contributed by atoms with Crippen LogP contribution in [0.5, 0.6) is 5.75 Å². The van der Waals surface area contributed by atoms with Crippen molar-refractivity contribution in [2.75, 3.05) is 49.2 Å². The third-order valence-electron chi connectivity index (χ3n) is 9.15. The minimum atomic E-state index is -1.16. The van der Waals surface area contributed by atoms with Crippen LogP contribution in [0.4, 0.5) is 11.4 Å². The number of piperazine rings is 1. The molecule has 0 spiro atoms. The van der Waals surface area contributed by atoms with Crippen LogP contribution in [0, 0.1) is 0 Å². The van der Waals surface area contributed by atoms with Gasteiger partial charge in [-0.15, -0.1) is 0 Å². The molecule has 2 aromatic heterocycles. The number of hydrogen-bond donors (Lipinski definition) is 0. The minimum Gasteiger partial charge on any atom is -0.491 e. The second kappa shape index (κ2) is 15.3. The maximum absolute atomic E-state index is 12.8. The molecule has 0 amide bonds. The molecular formula is C36H42Cl2N8O4. The van der Waals surface area contributed by atoms with E-state index in [1.807, 2.05) is 44.2 Å². The van der Waals surface area contributed by atoms with Crippen LogP contribution in [0.25, 0.3) is 5.69 Å². The average Bonchev–Trinajstić information content (AvgIpc) is 3.88. The first-order chi connectivity index (χ1) is 23.8. The van der Waals surface area contributed by atoms with Gasteiger partial charge in [0.25, 0.3) is 0 Å². The first-order valence-electron chi connectivity index (χ1n) is 16.4. The highest BCUT2D eigenvalue weighted by Crippen LogP contribution is 2.40. The predicted octanol–water partition coefficient (Wildman–Crippen LogP) is 6.21. The van der Waals surface area contributed by atoms with E-state index >= 15 is 0 Å². The molecule has 0 radical (unpaired) electrons. The van der Waals surface area contributed by atoms with Crippen LogP contribution in [-0.4, -0.2) is 74.6 Å². The summed E-state index contributed by atoms with van der Waals surface area (Å²) in [6, 6.07) is 21.6. The largest absolute Gasteiger partial charge is 0.491 e. The fourth-order valence-electron chi connectivity index (χ4n) is 6.24. The smallest absolute Gasteiger partial charge is 0.350 e. The Labute approximate surface area is 301 Å². The Bertz CT molecular complexity index is 1910. The first-order valence-corrected chi connectivity index (χ1v) is 17.2. The van der Waals surface area contributed by atoms with E-state index in [-0.39, 0.29) is 31.8 Å². The van der Waals surface area contributed by atoms with Gasteiger partial charge in [-0.3, -0.25) is 0 Å². The van der Waals surface area contributed by atoms with E-state index in [0.29, 0.717) is 28.8 Å². The summed E-state index contributed by atoms with van der Waals surface area (Å²) in [4.78, 5) is 21.6. The summed E-state index contributed by atoms with van der Waals surface area (Å²) in [5.74, 6) is -0.410. The molecule has 50 heavy (non-hydrogen) atoms. The molecule has 2 aliphatic heterocycles. The standard InChI is InChI=1S/C35H38Cl2N8O4.CH4/c1-3-25(2)45-34(46)44(24-40-45)29-7-5-27(6-8-29)41-14-16-42(17-15-41)28-9-11-30(12-10-28)47-19-31-20-48-35(49-31,21-43-23-38-22-39-43)32-13-4-26(36)18-33(32)37;/h4-13,18,22-25,31H,3,14-17,19-21H2,1-2H3;1H4. The van der Waals surface area contributed by atoms with Crippen LogP contribution in [0.1, 0.15) is 39.3 Å². The van der Waals surface area contributed by atoms with Crippen molar-refractivity contribution in [3.05, 3.63) is 112 Å². The summed E-state index contributed by atoms with van der Waals surface area (Å²) in [7, 11) is 0. The van der Waals surface area contributed by atoms with Gasteiger partial charge < -0.3 is 24.0 Å². The maximum atomic E-state index is 12.8. The van der Waals surface area contributed by atoms with Crippen LogP contribution in [-0.2, 0) is 21.8 Å². The predicted molar refractivity (Wildman–Crippen MR) is 195 cm³/mol. The SMILES string of the molecule is C.CCC(C)n1ncn(-c2ccc(N3CCN(c4ccc(OCC5COC(Cn6cncn6)(c6ccc(Cl)cc6Cl)O5)cc4)CC3)cc2)c1=O. The lowest BCUT2D eigenvalue weighted by molar-refractivity contribution is -0.190. The van der Waals surface area contributed by atoms with Crippen LogP contribution in [0.2, 0.25) is 10.0 Å². The molecule has 3 unspecified atom stereocenters. The van der Waals surface area contributed by atoms with E-state index in [2.05, 4.69) is 49.2 Å². The number of ether oxygens (including phenoxy) is 3. The summed E-state index contributed by atoms with van der Waals surface area (Å²) in [6.45, 7) is 8.48. The van der Waals surface area contributed by atoms with Crippen LogP contribution in [0.15, 0.2) is 90.5 Å². The molecule has 14 heteroatoms. The molecule has 3 aromatic carbocycles. The zero-order valence-corrected chi connectivity index (χ0v) is 28.9. The van der Waals surface area contributed by atoms with Crippen molar-refractivity contribution < 1.29 is 14.2 Å². The fraction of sp³-hybridized carbons (Fsp3) is 0.389. The van der Waals surface area contributed by atoms with Crippen molar-refractivity contribution in [3.8, 4) is 11.4 Å². The Kier molecular flexibility index (Phi) is 10.8. The quantitative estimate of drug-likeness (QED) is 0.157. The van der Waals surface area contributed by atoms with Crippen LogP contribution < -0.4 is 20.2 Å². The molecule has 2 aliphatic rings. The van der Waals surface area contributed by atoms with E-state index in [1.54, 1.807) is 34.0 Å². The number of halogens is 2. The molecule has 4 heterocycles. The Balaban J connectivity index is 0.00000432. The third-order valence-corrected chi connectivity index (χ3v) is 9.70. The van der Waals surface area contributed by atoms with Crippen molar-refractivity contribution >= 4 is 34.6 Å². The zero-order chi connectivity index (χ0) is 34.0. The lowest BCUT2D eigenvalue weighted by Crippen LogP contribution is -2.46. The van der Waals surface area contributed by atoms with Crippen LogP contribution in [0.3, 0.4) is 0 Å². The first kappa shape index (κ1) is 35.5. The zero-order valence-electron chi connectivity index (χ0n) is 27.4. The number of benzene rings is 3. The number of nitrogens with zero attached hydrogens (tertiary/aromatic N) is 8. The summed E-state index contributed by atoms with van der Waals surface area (Å²) >= 11 is 12.7. The molecule has 0 aliphatic carbocycles. The monoisotopic (exact) mass is 720 g/mol. The topological polar surface area (TPSA) is 105 Å². The molecule has 3 atom stereocenters. The van der Waals surface area contributed by atoms with E-state index in [9.17, 15) is 4.79 Å². The van der Waals surface area contributed by atoms with Crippen molar-refractivity contribution in [3.63, 3.8) is 0 Å². The Morgan fingerprint density at radius 2 is 1.58 bits per heavy atom. The highest BCUT2D eigenvalue weighted by Gasteiger charge is 2.45. The van der Waals surface area contributed by atoms with E-state index in [4.69, 9.17) is 37.4 Å². The molecule has 0 N–H and O–H groups in total. The van der Waals surface area contributed by atoms with Gasteiger partial charge in [0.15, 0.2) is 0 Å². The number of hydrogen-bond acceptors (Lipinski definition) is 9. The van der Waals surface area contributed by atoms with Crippen LogP contribution >= 0.6 is 23.2 Å². The summed E-state index contributed by atoms with van der Waals surface area (Å²) in [6.07, 6.45) is 5.19. The molecule has 2 fully saturated rings. The average molecular weight is 722 g/mol. The van der Waals surface area contributed by atoms with E-state index in [1.165, 1.54) is 11.0 Å². The maximum Gasteiger partial charge on any atom is 0.350 e. The van der Waals surface area contributed by atoms with Gasteiger partial charge in [0.2, 0.25) is 5.79 Å². The molecule has 0 bridgehead atoms. The van der Waals surface area contributed by atoms with Gasteiger partial charge in [0.05, 0.1) is 23.4 Å². The molecule has 5 aromatic rings. The van der Waals surface area contributed by atoms with E-state index < -0.39 is 5.79 Å². The van der Waals surface area contributed by atoms with Gasteiger partial charge >= 0.3 is 5.69 Å². The molecule has 12 nitrogen and oxygen atoms in total. The highest BCUT2D eigenvalue weighted by molar-refractivity contribution is 6.35. The van der Waals surface area contributed by atoms with Gasteiger partial charge in [0.1, 0.15) is 44.0 Å². The normalized spacial score (nSPS) is 19.7. The summed E-state index contributed by atoms with van der Waals surface area (Å²) in [5.41, 5.74) is 3.64. The Morgan fingerprint density at radius 3 is 2.20 bits per heavy atom. The Morgan fingerprint density at radius 1 is 0.920 bits per heavy atom. The molecular weight excluding hydrogens is 679 g/mol. The van der Waals surface area contributed by atoms with Crippen molar-refractivity contribution in [2.24, 2.45) is 0 Å². The lowest BCUT2D eigenvalue weighted by Gasteiger charge is -2.37. The molecule has 2 saturated heterocycles. The fourth-order valence-corrected chi connectivity index (χ4v) is 6.79. The van der Waals surface area contributed by atoms with Gasteiger partial charge in [-0.25, -0.2) is 23.7 Å². The lowest BCUT2D eigenvalue weighted by atomic mass is 10.1. The van der Waals surface area contributed by atoms with Gasteiger partial charge in [-0.05, 0) is 74.0 Å². The van der Waals surface area contributed by atoms with Gasteiger partial charge in [-0.1, -0.05) is 43.6 Å². The van der Waals surface area contributed by atoms with Crippen molar-refractivity contribution in [1.29, 1.82) is 0 Å².